The Kier molecular flexibility index (Phi) is 11.7. The molecule has 0 saturated heterocycles. The molecule has 112 valence electrons. The van der Waals surface area contributed by atoms with E-state index in [1.54, 1.807) is 0 Å². The third-order valence-electron chi connectivity index (χ3n) is 3.36. The molecule has 0 aromatic rings. The predicted octanol–water partition coefficient (Wildman–Crippen LogP) is 5.42. The molecule has 0 aromatic heterocycles. The molecule has 19 heavy (non-hydrogen) atoms. The van der Waals surface area contributed by atoms with Crippen molar-refractivity contribution in [3.8, 4) is 0 Å². The van der Waals surface area contributed by atoms with Gasteiger partial charge in [0.05, 0.1) is 6.61 Å². The van der Waals surface area contributed by atoms with Crippen LogP contribution in [0.3, 0.4) is 0 Å². The van der Waals surface area contributed by atoms with Crippen molar-refractivity contribution in [3.63, 3.8) is 0 Å². The average Bonchev–Trinajstić information content (AvgIpc) is 2.37. The van der Waals surface area contributed by atoms with Crippen molar-refractivity contribution in [2.45, 2.75) is 85.5 Å². The standard InChI is InChI=1S/C17H32O2/c1-5-7-9-10-11-12-13-16(15(3)4)17(18)19-14-8-6-2/h5-14H2,1-4H3. The van der Waals surface area contributed by atoms with E-state index in [-0.39, 0.29) is 5.97 Å². The molecule has 0 unspecified atom stereocenters. The van der Waals surface area contributed by atoms with E-state index in [4.69, 9.17) is 4.74 Å². The van der Waals surface area contributed by atoms with E-state index < -0.39 is 0 Å². The maximum Gasteiger partial charge on any atom is 0.333 e. The van der Waals surface area contributed by atoms with Gasteiger partial charge in [0.2, 0.25) is 0 Å². The third kappa shape index (κ3) is 9.75. The molecule has 0 fully saturated rings. The Balaban J connectivity index is 3.94. The van der Waals surface area contributed by atoms with Crippen LogP contribution >= 0.6 is 0 Å². The van der Waals surface area contributed by atoms with Crippen molar-refractivity contribution in [2.24, 2.45) is 0 Å². The van der Waals surface area contributed by atoms with Crippen LogP contribution in [-0.4, -0.2) is 12.6 Å². The lowest BCUT2D eigenvalue weighted by atomic mass is 10.0. The molecule has 0 aliphatic carbocycles. The van der Waals surface area contributed by atoms with E-state index in [0.29, 0.717) is 6.61 Å². The van der Waals surface area contributed by atoms with Gasteiger partial charge in [0.15, 0.2) is 0 Å². The molecule has 0 aliphatic rings. The topological polar surface area (TPSA) is 26.3 Å². The lowest BCUT2D eigenvalue weighted by molar-refractivity contribution is -0.139. The Morgan fingerprint density at radius 1 is 0.842 bits per heavy atom. The summed E-state index contributed by atoms with van der Waals surface area (Å²) in [6, 6.07) is 0. The van der Waals surface area contributed by atoms with Gasteiger partial charge < -0.3 is 4.74 Å². The number of allylic oxidation sites excluding steroid dienone is 1. The fourth-order valence-corrected chi connectivity index (χ4v) is 2.03. The first kappa shape index (κ1) is 18.2. The zero-order chi connectivity index (χ0) is 14.5. The quantitative estimate of drug-likeness (QED) is 0.284. The number of carbonyl (C=O) groups is 1. The van der Waals surface area contributed by atoms with Gasteiger partial charge in [0, 0.05) is 5.57 Å². The van der Waals surface area contributed by atoms with Crippen LogP contribution in [0.15, 0.2) is 11.1 Å². The van der Waals surface area contributed by atoms with Gasteiger partial charge in [-0.1, -0.05) is 57.9 Å². The Morgan fingerprint density at radius 2 is 1.42 bits per heavy atom. The maximum absolute atomic E-state index is 11.9. The summed E-state index contributed by atoms with van der Waals surface area (Å²) in [6.07, 6.45) is 10.4. The second-order valence-corrected chi connectivity index (χ2v) is 5.49. The van der Waals surface area contributed by atoms with Gasteiger partial charge >= 0.3 is 5.97 Å². The molecule has 0 saturated carbocycles. The molecular formula is C17H32O2. The molecule has 0 heterocycles. The fourth-order valence-electron chi connectivity index (χ4n) is 2.03. The van der Waals surface area contributed by atoms with Crippen LogP contribution in [0, 0.1) is 0 Å². The van der Waals surface area contributed by atoms with E-state index in [1.807, 2.05) is 13.8 Å². The summed E-state index contributed by atoms with van der Waals surface area (Å²) in [7, 11) is 0. The zero-order valence-corrected chi connectivity index (χ0v) is 13.4. The molecule has 0 aromatic carbocycles. The number of esters is 1. The number of carbonyl (C=O) groups excluding carboxylic acids is 1. The van der Waals surface area contributed by atoms with Crippen molar-refractivity contribution >= 4 is 5.97 Å². The smallest absolute Gasteiger partial charge is 0.333 e. The van der Waals surface area contributed by atoms with Gasteiger partial charge in [0.1, 0.15) is 0 Å². The van der Waals surface area contributed by atoms with E-state index in [1.165, 1.54) is 32.1 Å². The van der Waals surface area contributed by atoms with Crippen LogP contribution in [0.5, 0.6) is 0 Å². The third-order valence-corrected chi connectivity index (χ3v) is 3.36. The maximum atomic E-state index is 11.9. The van der Waals surface area contributed by atoms with Crippen molar-refractivity contribution in [1.29, 1.82) is 0 Å². The summed E-state index contributed by atoms with van der Waals surface area (Å²) >= 11 is 0. The molecule has 0 rings (SSSR count). The molecule has 0 aliphatic heterocycles. The minimum atomic E-state index is -0.0954. The number of rotatable bonds is 11. The minimum Gasteiger partial charge on any atom is -0.462 e. The summed E-state index contributed by atoms with van der Waals surface area (Å²) in [4.78, 5) is 11.9. The SMILES string of the molecule is CCCCCCCCC(C(=O)OCCCC)=C(C)C. The first-order valence-corrected chi connectivity index (χ1v) is 7.96. The van der Waals surface area contributed by atoms with Crippen LogP contribution in [0.1, 0.15) is 85.5 Å². The van der Waals surface area contributed by atoms with Gasteiger partial charge in [-0.15, -0.1) is 0 Å². The summed E-state index contributed by atoms with van der Waals surface area (Å²) in [5.74, 6) is -0.0954. The van der Waals surface area contributed by atoms with Gasteiger partial charge in [-0.05, 0) is 33.1 Å². The van der Waals surface area contributed by atoms with Gasteiger partial charge in [-0.2, -0.15) is 0 Å². The van der Waals surface area contributed by atoms with Gasteiger partial charge in [0.25, 0.3) is 0 Å². The molecule has 2 nitrogen and oxygen atoms in total. The molecule has 0 spiro atoms. The summed E-state index contributed by atoms with van der Waals surface area (Å²) in [5, 5.41) is 0. The Morgan fingerprint density at radius 3 is 2.00 bits per heavy atom. The normalized spacial score (nSPS) is 10.3. The van der Waals surface area contributed by atoms with Crippen molar-refractivity contribution < 1.29 is 9.53 Å². The molecular weight excluding hydrogens is 236 g/mol. The Bertz CT molecular complexity index is 262. The molecule has 0 radical (unpaired) electrons. The molecule has 0 atom stereocenters. The lowest BCUT2D eigenvalue weighted by Gasteiger charge is -2.10. The largest absolute Gasteiger partial charge is 0.462 e. The second-order valence-electron chi connectivity index (χ2n) is 5.49. The van der Waals surface area contributed by atoms with E-state index in [0.717, 1.165) is 36.8 Å². The van der Waals surface area contributed by atoms with E-state index in [9.17, 15) is 4.79 Å². The molecule has 0 amide bonds. The number of unbranched alkanes of at least 4 members (excludes halogenated alkanes) is 6. The monoisotopic (exact) mass is 268 g/mol. The minimum absolute atomic E-state index is 0.0954. The van der Waals surface area contributed by atoms with Crippen molar-refractivity contribution in [3.05, 3.63) is 11.1 Å². The predicted molar refractivity (Wildman–Crippen MR) is 82.2 cm³/mol. The summed E-state index contributed by atoms with van der Waals surface area (Å²) in [6.45, 7) is 8.91. The number of ether oxygens (including phenoxy) is 1. The first-order chi connectivity index (χ1) is 9.13. The van der Waals surface area contributed by atoms with Gasteiger partial charge in [-0.25, -0.2) is 4.79 Å². The van der Waals surface area contributed by atoms with Crippen LogP contribution in [0.2, 0.25) is 0 Å². The van der Waals surface area contributed by atoms with Gasteiger partial charge in [-0.3, -0.25) is 0 Å². The van der Waals surface area contributed by atoms with Crippen LogP contribution in [-0.2, 0) is 9.53 Å². The van der Waals surface area contributed by atoms with Crippen LogP contribution in [0.4, 0.5) is 0 Å². The lowest BCUT2D eigenvalue weighted by Crippen LogP contribution is -2.10. The average molecular weight is 268 g/mol. The summed E-state index contributed by atoms with van der Waals surface area (Å²) in [5.41, 5.74) is 2.00. The highest BCUT2D eigenvalue weighted by Gasteiger charge is 2.12. The summed E-state index contributed by atoms with van der Waals surface area (Å²) < 4.78 is 5.30. The fraction of sp³-hybridized carbons (Fsp3) is 0.824. The Labute approximate surface area is 119 Å². The highest BCUT2D eigenvalue weighted by Crippen LogP contribution is 2.16. The van der Waals surface area contributed by atoms with E-state index >= 15 is 0 Å². The van der Waals surface area contributed by atoms with Crippen LogP contribution < -0.4 is 0 Å². The zero-order valence-electron chi connectivity index (χ0n) is 13.4. The van der Waals surface area contributed by atoms with Crippen molar-refractivity contribution in [1.82, 2.24) is 0 Å². The van der Waals surface area contributed by atoms with Crippen LogP contribution in [0.25, 0.3) is 0 Å². The molecule has 0 bridgehead atoms. The Hall–Kier alpha value is -0.790. The van der Waals surface area contributed by atoms with E-state index in [2.05, 4.69) is 13.8 Å². The number of hydrogen-bond acceptors (Lipinski definition) is 2. The number of hydrogen-bond donors (Lipinski definition) is 0. The van der Waals surface area contributed by atoms with Crippen molar-refractivity contribution in [2.75, 3.05) is 6.61 Å². The second kappa shape index (κ2) is 12.3. The molecule has 0 N–H and O–H groups in total. The molecule has 2 heteroatoms. The first-order valence-electron chi connectivity index (χ1n) is 7.96. The highest BCUT2D eigenvalue weighted by atomic mass is 16.5. The highest BCUT2D eigenvalue weighted by molar-refractivity contribution is 5.89.